The van der Waals surface area contributed by atoms with E-state index in [0.717, 1.165) is 5.56 Å². The van der Waals surface area contributed by atoms with Gasteiger partial charge in [0, 0.05) is 0 Å². The Morgan fingerprint density at radius 2 is 1.97 bits per heavy atom. The monoisotopic (exact) mass is 546 g/mol. The van der Waals surface area contributed by atoms with Crippen molar-refractivity contribution in [1.82, 2.24) is 0 Å². The zero-order chi connectivity index (χ0) is 24.1. The molecule has 9 heteroatoms. The van der Waals surface area contributed by atoms with Gasteiger partial charge in [-0.2, -0.15) is 0 Å². The number of nitrogens with two attached hydrogens (primary N) is 1. The molecule has 0 bridgehead atoms. The molecule has 1 heterocycles. The number of allylic oxidation sites excluding steroid dienone is 2. The number of ether oxygens (including phenoxy) is 1. The minimum atomic E-state index is -2.01. The summed E-state index contributed by atoms with van der Waals surface area (Å²) in [5.41, 5.74) is 6.76. The van der Waals surface area contributed by atoms with Crippen LogP contribution in [0.2, 0.25) is 0 Å². The fourth-order valence-corrected chi connectivity index (χ4v) is 6.56. The summed E-state index contributed by atoms with van der Waals surface area (Å²) in [6.07, 6.45) is 3.47. The Morgan fingerprint density at radius 1 is 1.31 bits per heavy atom. The van der Waals surface area contributed by atoms with E-state index in [1.165, 1.54) is 0 Å². The molecule has 0 saturated heterocycles. The van der Waals surface area contributed by atoms with Gasteiger partial charge >= 0.3 is 195 Å². The van der Waals surface area contributed by atoms with Crippen molar-refractivity contribution >= 4 is 38.0 Å². The Morgan fingerprint density at radius 3 is 2.53 bits per heavy atom. The number of alkyl halides is 2. The van der Waals surface area contributed by atoms with Gasteiger partial charge in [-0.05, 0) is 0 Å². The number of nitrogen functional groups attached to an aromatic ring is 1. The molecule has 0 spiro atoms. The number of aliphatic carboxylic acids is 1. The number of benzene rings is 1. The minimum absolute atomic E-state index is 0.0170. The normalized spacial score (nSPS) is 15.9. The van der Waals surface area contributed by atoms with Gasteiger partial charge < -0.3 is 0 Å². The average Bonchev–Trinajstić information content (AvgIpc) is 2.98. The summed E-state index contributed by atoms with van der Waals surface area (Å²) in [5.74, 6) is -0.860. The van der Waals surface area contributed by atoms with Crippen LogP contribution in [0, 0.1) is 39.9 Å². The molecule has 0 aromatic heterocycles. The van der Waals surface area contributed by atoms with E-state index in [1.54, 1.807) is 63.3 Å². The molecular weight excluding hydrogens is 523 g/mol. The third-order valence-corrected chi connectivity index (χ3v) is 8.42. The van der Waals surface area contributed by atoms with Crippen LogP contribution < -0.4 is 8.80 Å². The third-order valence-electron chi connectivity index (χ3n) is 4.63. The second-order valence-electron chi connectivity index (χ2n) is 7.57. The number of halogens is 1. The molecule has 0 radical (unpaired) electrons. The fraction of sp³-hybridized carbons (Fsp3) is 0.304. The molecule has 1 aromatic rings. The molecule has 0 aliphatic carbocycles. The Balaban J connectivity index is 2.36. The van der Waals surface area contributed by atoms with E-state index in [4.69, 9.17) is 29.2 Å². The number of nitrogens with zero attached hydrogens (tertiary/aromatic N) is 3. The second kappa shape index (κ2) is 10.2. The first kappa shape index (κ1) is 24.8. The number of carbonyl (C=O) groups is 1. The number of nitriles is 3. The van der Waals surface area contributed by atoms with Crippen molar-refractivity contribution in [3.05, 3.63) is 52.3 Å². The third kappa shape index (κ3) is 5.60. The van der Waals surface area contributed by atoms with Crippen molar-refractivity contribution in [3.63, 3.8) is 0 Å². The van der Waals surface area contributed by atoms with Gasteiger partial charge in [0.2, 0.25) is 0 Å². The number of hydrogen-bond donors (Lipinski definition) is 2. The summed E-state index contributed by atoms with van der Waals surface area (Å²) in [4.78, 5) is 13.0. The Bertz CT molecular complexity index is 1130. The first-order valence-electron chi connectivity index (χ1n) is 9.47. The molecule has 0 amide bonds. The van der Waals surface area contributed by atoms with Crippen molar-refractivity contribution in [2.45, 2.75) is 26.4 Å². The van der Waals surface area contributed by atoms with E-state index in [-0.39, 0.29) is 16.9 Å². The maximum atomic E-state index is 11.1. The summed E-state index contributed by atoms with van der Waals surface area (Å²) in [5, 5.41) is 37.0. The zero-order valence-electron chi connectivity index (χ0n) is 18.1. The van der Waals surface area contributed by atoms with Gasteiger partial charge in [-0.1, -0.05) is 0 Å². The second-order valence-corrected chi connectivity index (χ2v) is 11.9. The Hall–Kier alpha value is -3.49. The van der Waals surface area contributed by atoms with Crippen LogP contribution in [0.1, 0.15) is 26.3 Å². The summed E-state index contributed by atoms with van der Waals surface area (Å²) in [7, 11) is 0. The molecular formula is C23H23IN4O4. The predicted octanol–water partition coefficient (Wildman–Crippen LogP) is 4.36. The van der Waals surface area contributed by atoms with E-state index in [0.29, 0.717) is 21.4 Å². The molecule has 1 unspecified atom stereocenters. The van der Waals surface area contributed by atoms with E-state index in [9.17, 15) is 10.1 Å². The number of carboxylic acid groups (broad SMARTS) is 1. The van der Waals surface area contributed by atoms with Crippen LogP contribution in [-0.2, 0) is 9.53 Å². The van der Waals surface area contributed by atoms with E-state index in [1.807, 2.05) is 11.0 Å². The molecule has 1 aliphatic rings. The summed E-state index contributed by atoms with van der Waals surface area (Å²) in [6.45, 7) is 5.15. The fourth-order valence-electron chi connectivity index (χ4n) is 2.95. The van der Waals surface area contributed by atoms with E-state index >= 15 is 0 Å². The topological polar surface area (TPSA) is 153 Å². The predicted molar refractivity (Wildman–Crippen MR) is 128 cm³/mol. The molecule has 1 aromatic carbocycles. The molecule has 2 rings (SSSR count). The molecule has 0 saturated carbocycles. The van der Waals surface area contributed by atoms with Crippen molar-refractivity contribution in [2.24, 2.45) is 5.92 Å². The number of hydrogen-bond acceptors (Lipinski definition) is 7. The van der Waals surface area contributed by atoms with Gasteiger partial charge in [-0.3, -0.25) is 0 Å². The van der Waals surface area contributed by atoms with Crippen LogP contribution in [-0.4, -0.2) is 26.0 Å². The molecule has 32 heavy (non-hydrogen) atoms. The van der Waals surface area contributed by atoms with Crippen molar-refractivity contribution in [3.8, 4) is 24.0 Å². The quantitative estimate of drug-likeness (QED) is 0.221. The Labute approximate surface area is 194 Å². The van der Waals surface area contributed by atoms with Crippen LogP contribution in [0.3, 0.4) is 0 Å². The maximum absolute atomic E-state index is 11.1. The number of rotatable bonds is 7. The molecule has 1 atom stereocenters. The summed E-state index contributed by atoms with van der Waals surface area (Å²) < 4.78 is 12.2. The van der Waals surface area contributed by atoms with Gasteiger partial charge in [0.1, 0.15) is 0 Å². The van der Waals surface area contributed by atoms with Gasteiger partial charge in [-0.25, -0.2) is 0 Å². The van der Waals surface area contributed by atoms with Crippen molar-refractivity contribution in [1.29, 1.82) is 15.8 Å². The van der Waals surface area contributed by atoms with Crippen molar-refractivity contribution < 1.29 is 17.7 Å². The van der Waals surface area contributed by atoms with Crippen molar-refractivity contribution in [2.75, 3.05) is 15.1 Å². The number of carboxylic acids is 1. The molecule has 8 nitrogen and oxygen atoms in total. The standard InChI is InChI=1S/C23H23IN4O4/c1-14(22(29)30)10-24(4)32-20-9-15(6-8-19(20)28)5-7-18-17(13-27)21(16(11-25)12-26)31-23(18,2)3/h5-9,14H,10,28H2,1-4H3,(H,29,30)/b7-5+. The molecule has 1 aliphatic heterocycles. The SMILES string of the molecule is CC(CI(C)Oc1cc(/C=C/C2=C(C#N)C(=C(C#N)C#N)OC2(C)C)ccc1N)C(=O)O. The average molecular weight is 546 g/mol. The van der Waals surface area contributed by atoms with Gasteiger partial charge in [-0.15, -0.1) is 0 Å². The summed E-state index contributed by atoms with van der Waals surface area (Å²) in [6, 6.07) is 10.8. The summed E-state index contributed by atoms with van der Waals surface area (Å²) >= 11 is -2.01. The number of anilines is 1. The van der Waals surface area contributed by atoms with Crippen LogP contribution in [0.5, 0.6) is 5.75 Å². The molecule has 0 fully saturated rings. The first-order chi connectivity index (χ1) is 15.0. The van der Waals surface area contributed by atoms with E-state index < -0.39 is 37.7 Å². The van der Waals surface area contributed by atoms with Crippen LogP contribution in [0.25, 0.3) is 6.08 Å². The van der Waals surface area contributed by atoms with E-state index in [2.05, 4.69) is 0 Å². The van der Waals surface area contributed by atoms with Crippen LogP contribution in [0.15, 0.2) is 46.8 Å². The van der Waals surface area contributed by atoms with Gasteiger partial charge in [0.25, 0.3) is 0 Å². The van der Waals surface area contributed by atoms with Crippen LogP contribution in [0.4, 0.5) is 5.69 Å². The Kier molecular flexibility index (Phi) is 7.91. The van der Waals surface area contributed by atoms with Gasteiger partial charge in [0.05, 0.1) is 0 Å². The first-order valence-corrected chi connectivity index (χ1v) is 14.0. The molecule has 3 N–H and O–H groups in total. The molecule has 166 valence electrons. The van der Waals surface area contributed by atoms with Crippen LogP contribution >= 0.6 is 20.2 Å². The zero-order valence-corrected chi connectivity index (χ0v) is 20.3. The van der Waals surface area contributed by atoms with Gasteiger partial charge in [0.15, 0.2) is 0 Å².